The van der Waals surface area contributed by atoms with E-state index in [1.165, 1.54) is 24.1 Å². The summed E-state index contributed by atoms with van der Waals surface area (Å²) in [6.07, 6.45) is 0. The van der Waals surface area contributed by atoms with Crippen LogP contribution in [0.5, 0.6) is 0 Å². The van der Waals surface area contributed by atoms with Crippen molar-refractivity contribution in [2.24, 2.45) is 0 Å². The Morgan fingerprint density at radius 1 is 0.737 bits per heavy atom. The molecule has 0 aromatic heterocycles. The summed E-state index contributed by atoms with van der Waals surface area (Å²) in [7, 11) is 0. The molecule has 2 rings (SSSR count). The molecule has 0 aliphatic carbocycles. The van der Waals surface area contributed by atoms with Crippen LogP contribution < -0.4 is 0 Å². The van der Waals surface area contributed by atoms with Gasteiger partial charge < -0.3 is 10.2 Å². The van der Waals surface area contributed by atoms with Crippen LogP contribution >= 0.6 is 24.1 Å². The van der Waals surface area contributed by atoms with E-state index in [9.17, 15) is 10.2 Å². The van der Waals surface area contributed by atoms with Crippen LogP contribution in [0.1, 0.15) is 11.1 Å². The minimum absolute atomic E-state index is 0.00950. The highest BCUT2D eigenvalue weighted by atomic mass is 32.2. The van der Waals surface area contributed by atoms with Gasteiger partial charge in [0.1, 0.15) is 0 Å². The summed E-state index contributed by atoms with van der Waals surface area (Å²) in [5, 5.41) is 18.4. The minimum atomic E-state index is -0.00950. The molecule has 100 valence electrons. The molecule has 0 atom stereocenters. The fraction of sp³-hybridized carbons (Fsp3) is 0.143. The van der Waals surface area contributed by atoms with Gasteiger partial charge in [0.2, 0.25) is 0 Å². The van der Waals surface area contributed by atoms with E-state index in [0.29, 0.717) is 0 Å². The molecule has 0 aliphatic rings. The number of aliphatic hydroxyl groups is 2. The number of benzene rings is 2. The topological polar surface area (TPSA) is 49.7 Å². The van der Waals surface area contributed by atoms with Gasteiger partial charge >= 0.3 is 0 Å². The van der Waals surface area contributed by atoms with Crippen molar-refractivity contribution in [3.63, 3.8) is 0 Å². The minimum Gasteiger partial charge on any atom is -0.392 e. The molecule has 5 heteroatoms. The predicted octanol–water partition coefficient (Wildman–Crippen LogP) is 3.40. The van der Waals surface area contributed by atoms with Crippen molar-refractivity contribution < 1.29 is 13.8 Å². The lowest BCUT2D eigenvalue weighted by Gasteiger charge is -2.07. The van der Waals surface area contributed by atoms with E-state index < -0.39 is 0 Å². The fourth-order valence-electron chi connectivity index (χ4n) is 1.52. The molecule has 3 nitrogen and oxygen atoms in total. The third kappa shape index (κ3) is 3.99. The van der Waals surface area contributed by atoms with Crippen molar-refractivity contribution >= 4 is 24.1 Å². The van der Waals surface area contributed by atoms with Crippen molar-refractivity contribution in [1.82, 2.24) is 0 Å². The van der Waals surface area contributed by atoms with Crippen LogP contribution in [0.3, 0.4) is 0 Å². The molecule has 0 saturated carbocycles. The molecule has 0 radical (unpaired) electrons. The molecular weight excluding hydrogens is 280 g/mol. The van der Waals surface area contributed by atoms with Crippen LogP contribution in [0.15, 0.2) is 58.3 Å². The average molecular weight is 294 g/mol. The van der Waals surface area contributed by atoms with Crippen molar-refractivity contribution in [2.75, 3.05) is 0 Å². The Balaban J connectivity index is 1.96. The summed E-state index contributed by atoms with van der Waals surface area (Å²) >= 11 is 2.41. The number of aliphatic hydroxyl groups excluding tert-OH is 2. The molecule has 19 heavy (non-hydrogen) atoms. The van der Waals surface area contributed by atoms with Gasteiger partial charge in [-0.3, -0.25) is 0 Å². The molecule has 0 saturated heterocycles. The number of hydrogen-bond donors (Lipinski definition) is 2. The van der Waals surface area contributed by atoms with Gasteiger partial charge in [0.05, 0.1) is 13.2 Å². The lowest BCUT2D eigenvalue weighted by Crippen LogP contribution is -1.88. The van der Waals surface area contributed by atoms with Crippen molar-refractivity contribution in [2.45, 2.75) is 23.0 Å². The van der Waals surface area contributed by atoms with E-state index in [4.69, 9.17) is 3.63 Å². The maximum atomic E-state index is 9.21. The Hall–Kier alpha value is -0.980. The number of hydrogen-bond acceptors (Lipinski definition) is 5. The Morgan fingerprint density at radius 3 is 1.58 bits per heavy atom. The molecule has 0 bridgehead atoms. The Labute approximate surface area is 121 Å². The lowest BCUT2D eigenvalue weighted by molar-refractivity contribution is 0.279. The molecule has 0 amide bonds. The molecule has 0 aliphatic heterocycles. The van der Waals surface area contributed by atoms with Crippen molar-refractivity contribution in [3.05, 3.63) is 59.7 Å². The lowest BCUT2D eigenvalue weighted by atomic mass is 10.2. The highest BCUT2D eigenvalue weighted by molar-refractivity contribution is 8.08. The van der Waals surface area contributed by atoms with Crippen LogP contribution in [0.2, 0.25) is 0 Å². The third-order valence-corrected chi connectivity index (χ3v) is 4.23. The summed E-state index contributed by atoms with van der Waals surface area (Å²) < 4.78 is 5.50. The van der Waals surface area contributed by atoms with E-state index in [1.54, 1.807) is 0 Å². The molecule has 2 aromatic carbocycles. The number of rotatable bonds is 6. The average Bonchev–Trinajstić information content (AvgIpc) is 2.48. The van der Waals surface area contributed by atoms with Crippen molar-refractivity contribution in [3.8, 4) is 0 Å². The van der Waals surface area contributed by atoms with E-state index in [2.05, 4.69) is 0 Å². The van der Waals surface area contributed by atoms with E-state index >= 15 is 0 Å². The molecular formula is C14H14O3S2. The Morgan fingerprint density at radius 2 is 1.16 bits per heavy atom. The normalized spacial score (nSPS) is 10.6. The fourth-order valence-corrected chi connectivity index (χ4v) is 2.99. The van der Waals surface area contributed by atoms with E-state index in [0.717, 1.165) is 20.9 Å². The predicted molar refractivity (Wildman–Crippen MR) is 77.5 cm³/mol. The monoisotopic (exact) mass is 294 g/mol. The Bertz CT molecular complexity index is 484. The van der Waals surface area contributed by atoms with Crippen molar-refractivity contribution in [1.29, 1.82) is 0 Å². The summed E-state index contributed by atoms with van der Waals surface area (Å²) in [6.45, 7) is -0.0190. The molecule has 0 unspecified atom stereocenters. The van der Waals surface area contributed by atoms with Crippen LogP contribution in [-0.2, 0) is 16.8 Å². The second-order valence-corrected chi connectivity index (χ2v) is 5.52. The van der Waals surface area contributed by atoms with Gasteiger partial charge in [-0.15, -0.1) is 0 Å². The first-order chi connectivity index (χ1) is 9.35. The maximum Gasteiger partial charge on any atom is 0.0693 e. The molecule has 2 aromatic rings. The van der Waals surface area contributed by atoms with Gasteiger partial charge in [0.25, 0.3) is 0 Å². The molecule has 0 spiro atoms. The van der Waals surface area contributed by atoms with E-state index in [-0.39, 0.29) is 13.2 Å². The maximum absolute atomic E-state index is 9.21. The SMILES string of the molecule is OCc1ccccc1SOSc1ccccc1CO. The third-order valence-electron chi connectivity index (χ3n) is 2.53. The van der Waals surface area contributed by atoms with Crippen LogP contribution in [0, 0.1) is 0 Å². The summed E-state index contributed by atoms with van der Waals surface area (Å²) in [4.78, 5) is 1.78. The molecule has 0 fully saturated rings. The smallest absolute Gasteiger partial charge is 0.0693 e. The van der Waals surface area contributed by atoms with Crippen LogP contribution in [0.25, 0.3) is 0 Å². The molecule has 2 N–H and O–H groups in total. The zero-order valence-electron chi connectivity index (χ0n) is 10.2. The summed E-state index contributed by atoms with van der Waals surface area (Å²) in [5.41, 5.74) is 1.67. The van der Waals surface area contributed by atoms with Gasteiger partial charge in [-0.25, -0.2) is 3.63 Å². The zero-order chi connectivity index (χ0) is 13.5. The molecule has 0 heterocycles. The highest BCUT2D eigenvalue weighted by Gasteiger charge is 2.05. The quantitative estimate of drug-likeness (QED) is 0.800. The zero-order valence-corrected chi connectivity index (χ0v) is 11.8. The highest BCUT2D eigenvalue weighted by Crippen LogP contribution is 2.33. The van der Waals surface area contributed by atoms with Gasteiger partial charge in [-0.1, -0.05) is 36.4 Å². The summed E-state index contributed by atoms with van der Waals surface area (Å²) in [6, 6.07) is 15.1. The first kappa shape index (κ1) is 14.4. The summed E-state index contributed by atoms with van der Waals surface area (Å²) in [5.74, 6) is 0. The van der Waals surface area contributed by atoms with Gasteiger partial charge in [0, 0.05) is 33.9 Å². The first-order valence-electron chi connectivity index (χ1n) is 5.74. The van der Waals surface area contributed by atoms with Crippen LogP contribution in [-0.4, -0.2) is 10.2 Å². The van der Waals surface area contributed by atoms with Crippen LogP contribution in [0.4, 0.5) is 0 Å². The second kappa shape index (κ2) is 7.57. The Kier molecular flexibility index (Phi) is 5.75. The van der Waals surface area contributed by atoms with Gasteiger partial charge in [-0.2, -0.15) is 0 Å². The van der Waals surface area contributed by atoms with Gasteiger partial charge in [0.15, 0.2) is 0 Å². The standard InChI is InChI=1S/C14H14O3S2/c15-9-11-5-1-3-7-13(11)18-17-19-14-8-4-2-6-12(14)10-16/h1-8,15-16H,9-10H2. The second-order valence-electron chi connectivity index (χ2n) is 3.77. The van der Waals surface area contributed by atoms with Gasteiger partial charge in [-0.05, 0) is 23.3 Å². The largest absolute Gasteiger partial charge is 0.392 e. The van der Waals surface area contributed by atoms with E-state index in [1.807, 2.05) is 48.5 Å². The first-order valence-corrected chi connectivity index (χ1v) is 7.22.